The minimum Gasteiger partial charge on any atom is -0.466 e. The van der Waals surface area contributed by atoms with E-state index in [2.05, 4.69) is 18.7 Å². The fraction of sp³-hybridized carbons (Fsp3) is 0.682. The molecule has 0 spiro atoms. The van der Waals surface area contributed by atoms with Gasteiger partial charge in [0.05, 0.1) is 17.4 Å². The molecule has 0 saturated heterocycles. The molecule has 1 aromatic rings. The Hall–Kier alpha value is -2.11. The summed E-state index contributed by atoms with van der Waals surface area (Å²) in [5.41, 5.74) is 1.77. The maximum absolute atomic E-state index is 11.9. The number of nitrogens with zero attached hydrogens (tertiary/aromatic N) is 2. The summed E-state index contributed by atoms with van der Waals surface area (Å²) in [4.78, 5) is 25.8. The normalized spacial score (nSPS) is 22.1. The van der Waals surface area contributed by atoms with Crippen molar-refractivity contribution in [3.05, 3.63) is 33.9 Å². The van der Waals surface area contributed by atoms with Crippen LogP contribution in [0, 0.1) is 22.0 Å². The number of nitro groups is 1. The van der Waals surface area contributed by atoms with Gasteiger partial charge in [0.1, 0.15) is 5.69 Å². The molecule has 0 amide bonds. The van der Waals surface area contributed by atoms with Gasteiger partial charge >= 0.3 is 5.97 Å². The standard InChI is InChI=1S/C22H32N2O4/c1-4-28-22(25)19-13-18(19)16-10-11-20(21(12-16)24(26)27)23(14-15(2)3)17-8-6-5-7-9-17/h10-12,15,17-19H,4-9,13-14H2,1-3H3. The van der Waals surface area contributed by atoms with Crippen molar-refractivity contribution in [2.24, 2.45) is 11.8 Å². The molecule has 0 bridgehead atoms. The summed E-state index contributed by atoms with van der Waals surface area (Å²) in [5.74, 6) is 0.122. The van der Waals surface area contributed by atoms with Crippen molar-refractivity contribution in [1.82, 2.24) is 0 Å². The van der Waals surface area contributed by atoms with Crippen LogP contribution in [-0.2, 0) is 9.53 Å². The fourth-order valence-corrected chi connectivity index (χ4v) is 4.46. The average molecular weight is 389 g/mol. The van der Waals surface area contributed by atoms with Crippen LogP contribution in [0.15, 0.2) is 18.2 Å². The van der Waals surface area contributed by atoms with Crippen molar-refractivity contribution in [2.75, 3.05) is 18.1 Å². The van der Waals surface area contributed by atoms with Gasteiger partial charge in [-0.15, -0.1) is 0 Å². The number of anilines is 1. The Labute approximate surface area is 167 Å². The molecule has 0 radical (unpaired) electrons. The molecule has 2 unspecified atom stereocenters. The van der Waals surface area contributed by atoms with Gasteiger partial charge in [-0.05, 0) is 49.7 Å². The number of carbonyl (C=O) groups excluding carboxylic acids is 1. The van der Waals surface area contributed by atoms with Crippen molar-refractivity contribution in [3.8, 4) is 0 Å². The summed E-state index contributed by atoms with van der Waals surface area (Å²) in [7, 11) is 0. The van der Waals surface area contributed by atoms with Crippen LogP contribution < -0.4 is 4.90 Å². The van der Waals surface area contributed by atoms with E-state index < -0.39 is 0 Å². The van der Waals surface area contributed by atoms with Gasteiger partial charge in [0.25, 0.3) is 5.69 Å². The molecular weight excluding hydrogens is 356 g/mol. The lowest BCUT2D eigenvalue weighted by atomic mass is 9.92. The van der Waals surface area contributed by atoms with Crippen LogP contribution in [0.3, 0.4) is 0 Å². The molecule has 154 valence electrons. The van der Waals surface area contributed by atoms with Gasteiger partial charge in [-0.1, -0.05) is 39.2 Å². The topological polar surface area (TPSA) is 72.7 Å². The third kappa shape index (κ3) is 4.65. The zero-order valence-electron chi connectivity index (χ0n) is 17.2. The summed E-state index contributed by atoms with van der Waals surface area (Å²) in [6, 6.07) is 5.94. The van der Waals surface area contributed by atoms with E-state index in [-0.39, 0.29) is 28.4 Å². The highest BCUT2D eigenvalue weighted by Crippen LogP contribution is 2.50. The van der Waals surface area contributed by atoms with Crippen LogP contribution in [0.5, 0.6) is 0 Å². The lowest BCUT2D eigenvalue weighted by Gasteiger charge is -2.37. The second kappa shape index (κ2) is 8.93. The SMILES string of the molecule is CCOC(=O)C1CC1c1ccc(N(CC(C)C)C2CCCCC2)c([N+](=O)[O-])c1. The number of ether oxygens (including phenoxy) is 1. The molecule has 2 atom stereocenters. The Kier molecular flexibility index (Phi) is 6.57. The molecule has 0 heterocycles. The first-order valence-electron chi connectivity index (χ1n) is 10.6. The number of hydrogen-bond acceptors (Lipinski definition) is 5. The first-order valence-corrected chi connectivity index (χ1v) is 10.6. The number of rotatable bonds is 8. The van der Waals surface area contributed by atoms with Gasteiger partial charge < -0.3 is 9.64 Å². The molecule has 0 aromatic heterocycles. The summed E-state index contributed by atoms with van der Waals surface area (Å²) in [5, 5.41) is 11.9. The van der Waals surface area contributed by atoms with Crippen LogP contribution in [0.2, 0.25) is 0 Å². The molecular formula is C22H32N2O4. The van der Waals surface area contributed by atoms with Crippen molar-refractivity contribution >= 4 is 17.3 Å². The maximum atomic E-state index is 11.9. The Morgan fingerprint density at radius 2 is 2.00 bits per heavy atom. The Balaban J connectivity index is 1.87. The highest BCUT2D eigenvalue weighted by atomic mass is 16.6. The van der Waals surface area contributed by atoms with Gasteiger partial charge in [-0.2, -0.15) is 0 Å². The molecule has 1 aromatic carbocycles. The van der Waals surface area contributed by atoms with E-state index in [1.165, 1.54) is 19.3 Å². The second-order valence-corrected chi connectivity index (χ2v) is 8.54. The molecule has 3 rings (SSSR count). The van der Waals surface area contributed by atoms with E-state index in [4.69, 9.17) is 4.74 Å². The molecule has 2 fully saturated rings. The molecule has 0 aliphatic heterocycles. The van der Waals surface area contributed by atoms with Crippen LogP contribution in [0.4, 0.5) is 11.4 Å². The molecule has 6 nitrogen and oxygen atoms in total. The van der Waals surface area contributed by atoms with Crippen LogP contribution in [0.1, 0.15) is 70.8 Å². The number of hydrogen-bond donors (Lipinski definition) is 0. The van der Waals surface area contributed by atoms with E-state index in [9.17, 15) is 14.9 Å². The van der Waals surface area contributed by atoms with E-state index in [0.29, 0.717) is 25.0 Å². The van der Waals surface area contributed by atoms with E-state index in [0.717, 1.165) is 30.6 Å². The monoisotopic (exact) mass is 388 g/mol. The van der Waals surface area contributed by atoms with Crippen molar-refractivity contribution < 1.29 is 14.5 Å². The van der Waals surface area contributed by atoms with E-state index in [1.54, 1.807) is 13.0 Å². The van der Waals surface area contributed by atoms with Gasteiger partial charge in [0.2, 0.25) is 0 Å². The first kappa shape index (κ1) is 20.6. The highest BCUT2D eigenvalue weighted by molar-refractivity contribution is 5.78. The lowest BCUT2D eigenvalue weighted by Crippen LogP contribution is -2.39. The third-order valence-corrected chi connectivity index (χ3v) is 5.89. The predicted octanol–water partition coefficient (Wildman–Crippen LogP) is 5.06. The summed E-state index contributed by atoms with van der Waals surface area (Å²) < 4.78 is 5.10. The van der Waals surface area contributed by atoms with E-state index >= 15 is 0 Å². The maximum Gasteiger partial charge on any atom is 0.309 e. The zero-order valence-corrected chi connectivity index (χ0v) is 17.2. The van der Waals surface area contributed by atoms with Crippen molar-refractivity contribution in [2.45, 2.75) is 71.3 Å². The van der Waals surface area contributed by atoms with Gasteiger partial charge in [0, 0.05) is 18.7 Å². The predicted molar refractivity (Wildman–Crippen MR) is 110 cm³/mol. The summed E-state index contributed by atoms with van der Waals surface area (Å²) in [6.45, 7) is 7.30. The fourth-order valence-electron chi connectivity index (χ4n) is 4.46. The summed E-state index contributed by atoms with van der Waals surface area (Å²) >= 11 is 0. The summed E-state index contributed by atoms with van der Waals surface area (Å²) in [6.07, 6.45) is 6.54. The number of benzene rings is 1. The number of carbonyl (C=O) groups is 1. The largest absolute Gasteiger partial charge is 0.466 e. The van der Waals surface area contributed by atoms with E-state index in [1.807, 2.05) is 12.1 Å². The van der Waals surface area contributed by atoms with Crippen LogP contribution >= 0.6 is 0 Å². The van der Waals surface area contributed by atoms with Gasteiger partial charge in [-0.25, -0.2) is 0 Å². The minimum atomic E-state index is -0.267. The van der Waals surface area contributed by atoms with Crippen LogP contribution in [-0.4, -0.2) is 30.1 Å². The third-order valence-electron chi connectivity index (χ3n) is 5.89. The smallest absolute Gasteiger partial charge is 0.309 e. The van der Waals surface area contributed by atoms with Gasteiger partial charge in [-0.3, -0.25) is 14.9 Å². The van der Waals surface area contributed by atoms with Crippen molar-refractivity contribution in [3.63, 3.8) is 0 Å². The number of nitro benzene ring substituents is 1. The Morgan fingerprint density at radius 1 is 1.29 bits per heavy atom. The van der Waals surface area contributed by atoms with Gasteiger partial charge in [0.15, 0.2) is 0 Å². The Bertz CT molecular complexity index is 712. The first-order chi connectivity index (χ1) is 13.4. The Morgan fingerprint density at radius 3 is 2.61 bits per heavy atom. The zero-order chi connectivity index (χ0) is 20.3. The quantitative estimate of drug-likeness (QED) is 0.354. The molecule has 6 heteroatoms. The average Bonchev–Trinajstić information content (AvgIpc) is 3.47. The number of esters is 1. The molecule has 2 aliphatic carbocycles. The highest BCUT2D eigenvalue weighted by Gasteiger charge is 2.46. The lowest BCUT2D eigenvalue weighted by molar-refractivity contribution is -0.384. The molecule has 2 aliphatic rings. The molecule has 28 heavy (non-hydrogen) atoms. The second-order valence-electron chi connectivity index (χ2n) is 8.54. The molecule has 2 saturated carbocycles. The van der Waals surface area contributed by atoms with Crippen LogP contribution in [0.25, 0.3) is 0 Å². The van der Waals surface area contributed by atoms with Crippen molar-refractivity contribution in [1.29, 1.82) is 0 Å². The minimum absolute atomic E-state index is 0.0417. The molecule has 0 N–H and O–H groups in total.